The lowest BCUT2D eigenvalue weighted by molar-refractivity contribution is -0.139. The van der Waals surface area contributed by atoms with Crippen LogP contribution in [0, 0.1) is 0 Å². The highest BCUT2D eigenvalue weighted by molar-refractivity contribution is 5.73. The lowest BCUT2D eigenvalue weighted by atomic mass is 10.2. The first kappa shape index (κ1) is 9.39. The van der Waals surface area contributed by atoms with Crippen molar-refractivity contribution in [3.8, 4) is 0 Å². The molecule has 0 amide bonds. The van der Waals surface area contributed by atoms with Gasteiger partial charge in [-0.25, -0.2) is 0 Å². The average Bonchev–Trinajstić information content (AvgIpc) is 1.89. The second-order valence-corrected chi connectivity index (χ2v) is 2.07. The number of hydrogen-bond acceptors (Lipinski definition) is 3. The fourth-order valence-corrected chi connectivity index (χ4v) is 0.680. The van der Waals surface area contributed by atoms with Crippen LogP contribution in [-0.4, -0.2) is 37.8 Å². The van der Waals surface area contributed by atoms with Crippen molar-refractivity contribution in [1.82, 2.24) is 10.6 Å². The van der Waals surface area contributed by atoms with Gasteiger partial charge in [-0.1, -0.05) is 0 Å². The molecule has 0 saturated heterocycles. The smallest absolute Gasteiger partial charge is 0.320 e. The molecule has 3 N–H and O–H groups in total. The van der Waals surface area contributed by atoms with Gasteiger partial charge in [0.1, 0.15) is 6.04 Å². The Morgan fingerprint density at radius 2 is 2.20 bits per heavy atom. The minimum Gasteiger partial charge on any atom is -0.480 e. The highest BCUT2D eigenvalue weighted by atomic mass is 16.4. The van der Waals surface area contributed by atoms with E-state index in [0.29, 0.717) is 6.42 Å². The van der Waals surface area contributed by atoms with Gasteiger partial charge in [0.05, 0.1) is 0 Å². The molecule has 4 heteroatoms. The highest BCUT2D eigenvalue weighted by Crippen LogP contribution is 1.88. The summed E-state index contributed by atoms with van der Waals surface area (Å²) in [5.74, 6) is -0.794. The third-order valence-corrected chi connectivity index (χ3v) is 1.33. The number of nitrogens with one attached hydrogen (secondary N) is 2. The molecule has 0 heterocycles. The zero-order chi connectivity index (χ0) is 7.98. The first-order chi connectivity index (χ1) is 4.72. The van der Waals surface area contributed by atoms with Crippen LogP contribution in [-0.2, 0) is 4.79 Å². The SMILES string of the molecule is CNCC[C@H](NC)C(=O)O. The summed E-state index contributed by atoms with van der Waals surface area (Å²) in [5.41, 5.74) is 0. The van der Waals surface area contributed by atoms with Crippen molar-refractivity contribution in [3.63, 3.8) is 0 Å². The van der Waals surface area contributed by atoms with E-state index in [9.17, 15) is 4.79 Å². The molecular formula is C6H14N2O2. The Labute approximate surface area is 60.6 Å². The number of rotatable bonds is 5. The van der Waals surface area contributed by atoms with Crippen LogP contribution in [0.5, 0.6) is 0 Å². The van der Waals surface area contributed by atoms with Crippen molar-refractivity contribution < 1.29 is 9.90 Å². The molecule has 0 radical (unpaired) electrons. The van der Waals surface area contributed by atoms with Crippen LogP contribution in [0.3, 0.4) is 0 Å². The Morgan fingerprint density at radius 1 is 1.60 bits per heavy atom. The number of likely N-dealkylation sites (N-methyl/N-ethyl adjacent to an activating group) is 1. The maximum Gasteiger partial charge on any atom is 0.320 e. The van der Waals surface area contributed by atoms with E-state index in [4.69, 9.17) is 5.11 Å². The molecule has 4 nitrogen and oxygen atoms in total. The number of carboxylic acid groups (broad SMARTS) is 1. The summed E-state index contributed by atoms with van der Waals surface area (Å²) in [6.07, 6.45) is 0.613. The Hall–Kier alpha value is -0.610. The molecule has 0 aromatic rings. The van der Waals surface area contributed by atoms with Crippen LogP contribution < -0.4 is 10.6 Å². The van der Waals surface area contributed by atoms with Gasteiger partial charge < -0.3 is 15.7 Å². The van der Waals surface area contributed by atoms with Gasteiger partial charge in [0.15, 0.2) is 0 Å². The summed E-state index contributed by atoms with van der Waals surface area (Å²) in [6, 6.07) is -0.424. The van der Waals surface area contributed by atoms with E-state index in [-0.39, 0.29) is 0 Å². The Kier molecular flexibility index (Phi) is 4.88. The van der Waals surface area contributed by atoms with Crippen molar-refractivity contribution in [2.45, 2.75) is 12.5 Å². The van der Waals surface area contributed by atoms with Crippen LogP contribution in [0.4, 0.5) is 0 Å². The summed E-state index contributed by atoms with van der Waals surface area (Å²) >= 11 is 0. The van der Waals surface area contributed by atoms with Gasteiger partial charge in [0.25, 0.3) is 0 Å². The molecule has 0 aromatic carbocycles. The van der Waals surface area contributed by atoms with E-state index in [1.54, 1.807) is 14.1 Å². The number of carbonyl (C=O) groups is 1. The quantitative estimate of drug-likeness (QED) is 0.478. The van der Waals surface area contributed by atoms with Gasteiger partial charge in [0, 0.05) is 0 Å². The Morgan fingerprint density at radius 3 is 2.50 bits per heavy atom. The first-order valence-corrected chi connectivity index (χ1v) is 3.27. The van der Waals surface area contributed by atoms with E-state index < -0.39 is 12.0 Å². The van der Waals surface area contributed by atoms with Crippen molar-refractivity contribution in [2.24, 2.45) is 0 Å². The standard InChI is InChI=1S/C6H14N2O2/c1-7-4-3-5(8-2)6(9)10/h5,7-8H,3-4H2,1-2H3,(H,9,10)/t5-/m0/s1. The molecule has 0 aliphatic carbocycles. The van der Waals surface area contributed by atoms with E-state index in [0.717, 1.165) is 6.54 Å². The number of carboxylic acids is 1. The van der Waals surface area contributed by atoms with E-state index >= 15 is 0 Å². The van der Waals surface area contributed by atoms with E-state index in [1.807, 2.05) is 0 Å². The predicted octanol–water partition coefficient (Wildman–Crippen LogP) is -0.731. The van der Waals surface area contributed by atoms with Crippen LogP contribution >= 0.6 is 0 Å². The normalized spacial score (nSPS) is 13.0. The van der Waals surface area contributed by atoms with Gasteiger partial charge in [-0.2, -0.15) is 0 Å². The number of aliphatic carboxylic acids is 1. The first-order valence-electron chi connectivity index (χ1n) is 3.27. The lowest BCUT2D eigenvalue weighted by Crippen LogP contribution is -2.36. The van der Waals surface area contributed by atoms with Crippen LogP contribution in [0.1, 0.15) is 6.42 Å². The third-order valence-electron chi connectivity index (χ3n) is 1.33. The van der Waals surface area contributed by atoms with Crippen molar-refractivity contribution in [3.05, 3.63) is 0 Å². The highest BCUT2D eigenvalue weighted by Gasteiger charge is 2.12. The number of hydrogen-bond donors (Lipinski definition) is 3. The molecule has 0 unspecified atom stereocenters. The predicted molar refractivity (Wildman–Crippen MR) is 39.0 cm³/mol. The minimum absolute atomic E-state index is 0.424. The zero-order valence-electron chi connectivity index (χ0n) is 6.35. The molecule has 0 spiro atoms. The fraction of sp³-hybridized carbons (Fsp3) is 0.833. The van der Waals surface area contributed by atoms with Gasteiger partial charge in [0.2, 0.25) is 0 Å². The molecule has 0 aliphatic rings. The van der Waals surface area contributed by atoms with E-state index in [1.165, 1.54) is 0 Å². The zero-order valence-corrected chi connectivity index (χ0v) is 6.35. The summed E-state index contributed by atoms with van der Waals surface area (Å²) in [7, 11) is 3.45. The summed E-state index contributed by atoms with van der Waals surface area (Å²) in [6.45, 7) is 0.720. The molecule has 1 atom stereocenters. The molecule has 0 aliphatic heterocycles. The second-order valence-electron chi connectivity index (χ2n) is 2.07. The molecule has 0 aromatic heterocycles. The van der Waals surface area contributed by atoms with Gasteiger partial charge in [-0.15, -0.1) is 0 Å². The molecule has 0 bridgehead atoms. The van der Waals surface area contributed by atoms with E-state index in [2.05, 4.69) is 10.6 Å². The maximum atomic E-state index is 10.3. The maximum absolute atomic E-state index is 10.3. The average molecular weight is 146 g/mol. The Balaban J connectivity index is 3.50. The summed E-state index contributed by atoms with van der Waals surface area (Å²) < 4.78 is 0. The molecule has 0 rings (SSSR count). The van der Waals surface area contributed by atoms with Crippen LogP contribution in [0.2, 0.25) is 0 Å². The van der Waals surface area contributed by atoms with Gasteiger partial charge in [-0.05, 0) is 27.1 Å². The molecule has 60 valence electrons. The largest absolute Gasteiger partial charge is 0.480 e. The molecular weight excluding hydrogens is 132 g/mol. The summed E-state index contributed by atoms with van der Waals surface area (Å²) in [4.78, 5) is 10.3. The summed E-state index contributed by atoms with van der Waals surface area (Å²) in [5, 5.41) is 14.1. The monoisotopic (exact) mass is 146 g/mol. The van der Waals surface area contributed by atoms with Crippen molar-refractivity contribution in [1.29, 1.82) is 0 Å². The molecule has 0 fully saturated rings. The lowest BCUT2D eigenvalue weighted by Gasteiger charge is -2.09. The van der Waals surface area contributed by atoms with Crippen molar-refractivity contribution >= 4 is 5.97 Å². The van der Waals surface area contributed by atoms with Gasteiger partial charge >= 0.3 is 5.97 Å². The second kappa shape index (κ2) is 5.20. The minimum atomic E-state index is -0.794. The molecule has 10 heavy (non-hydrogen) atoms. The Bertz CT molecular complexity index is 106. The van der Waals surface area contributed by atoms with Crippen LogP contribution in [0.15, 0.2) is 0 Å². The van der Waals surface area contributed by atoms with Crippen LogP contribution in [0.25, 0.3) is 0 Å². The van der Waals surface area contributed by atoms with Gasteiger partial charge in [-0.3, -0.25) is 4.79 Å². The molecule has 0 saturated carbocycles. The topological polar surface area (TPSA) is 61.4 Å². The fourth-order valence-electron chi connectivity index (χ4n) is 0.680. The van der Waals surface area contributed by atoms with Crippen molar-refractivity contribution in [2.75, 3.05) is 20.6 Å². The third kappa shape index (κ3) is 3.42.